The molecule has 0 heterocycles. The van der Waals surface area contributed by atoms with Crippen LogP contribution in [0.5, 0.6) is 0 Å². The van der Waals surface area contributed by atoms with Crippen molar-refractivity contribution in [3.63, 3.8) is 0 Å². The van der Waals surface area contributed by atoms with Gasteiger partial charge < -0.3 is 4.39 Å². The van der Waals surface area contributed by atoms with Crippen molar-refractivity contribution < 1.29 is 4.39 Å². The molecule has 0 aliphatic heterocycles. The Morgan fingerprint density at radius 3 is 2.18 bits per heavy atom. The van der Waals surface area contributed by atoms with Crippen LogP contribution >= 0.6 is 0 Å². The van der Waals surface area contributed by atoms with Gasteiger partial charge in [-0.15, -0.1) is 0 Å². The molecule has 0 atom stereocenters. The molecule has 2 heteroatoms. The van der Waals surface area contributed by atoms with E-state index >= 15 is 0 Å². The van der Waals surface area contributed by atoms with Crippen LogP contribution in [0.25, 0.3) is 0 Å². The summed E-state index contributed by atoms with van der Waals surface area (Å²) in [5.41, 5.74) is 1.47. The van der Waals surface area contributed by atoms with Crippen LogP contribution in [-0.2, 0) is 6.54 Å². The molecular weight excluding hydrogens is 133 g/mol. The van der Waals surface area contributed by atoms with Crippen molar-refractivity contribution in [2.45, 2.75) is 6.54 Å². The molecular formula is C9H16BN. The van der Waals surface area contributed by atoms with Crippen LogP contribution in [0.3, 0.4) is 0 Å². The molecule has 0 bridgehead atoms. The van der Waals surface area contributed by atoms with Crippen molar-refractivity contribution >= 4 is 7.98 Å². The Labute approximate surface area is 69.7 Å². The van der Waals surface area contributed by atoms with Gasteiger partial charge in [0.05, 0.1) is 6.54 Å². The molecule has 0 spiro atoms. The molecule has 1 aromatic rings. The molecule has 60 valence electrons. The van der Waals surface area contributed by atoms with E-state index in [9.17, 15) is 0 Å². The Hall–Kier alpha value is -0.755. The third-order valence-corrected chi connectivity index (χ3v) is 1.34. The lowest BCUT2D eigenvalue weighted by molar-refractivity contribution is -0.787. The zero-order chi connectivity index (χ0) is 8.32. The Bertz CT molecular complexity index is 213. The highest BCUT2D eigenvalue weighted by atomic mass is 15.2. The summed E-state index contributed by atoms with van der Waals surface area (Å²) in [5.74, 6) is 0. The lowest BCUT2D eigenvalue weighted by atomic mass is 10.1. The lowest BCUT2D eigenvalue weighted by Gasteiger charge is -2.33. The predicted octanol–water partition coefficient (Wildman–Crippen LogP) is 0.543. The minimum atomic E-state index is 0.400. The van der Waals surface area contributed by atoms with E-state index in [1.807, 2.05) is 0 Å². The molecule has 0 aliphatic carbocycles. The van der Waals surface area contributed by atoms with Crippen LogP contribution in [0, 0.1) is 0 Å². The van der Waals surface area contributed by atoms with Crippen molar-refractivity contribution in [1.82, 2.24) is 0 Å². The fourth-order valence-electron chi connectivity index (χ4n) is 0.949. The van der Waals surface area contributed by atoms with Crippen molar-refractivity contribution in [3.8, 4) is 0 Å². The highest BCUT2D eigenvalue weighted by Gasteiger charge is 2.00. The van der Waals surface area contributed by atoms with Crippen molar-refractivity contribution in [3.05, 3.63) is 35.9 Å². The molecule has 0 saturated heterocycles. The fraction of sp³-hybridized carbons (Fsp3) is 0.333. The Morgan fingerprint density at radius 1 is 1.18 bits per heavy atom. The molecule has 0 unspecified atom stereocenters. The molecule has 0 aromatic heterocycles. The first-order valence-electron chi connectivity index (χ1n) is 3.47. The van der Waals surface area contributed by atoms with E-state index in [0.717, 1.165) is 0 Å². The van der Waals surface area contributed by atoms with Crippen LogP contribution in [-0.4, -0.2) is 26.5 Å². The van der Waals surface area contributed by atoms with E-state index in [4.69, 9.17) is 0 Å². The van der Waals surface area contributed by atoms with Gasteiger partial charge >= 0.3 is 0 Å². The maximum Gasteiger partial charge on any atom is 0.169 e. The minimum Gasteiger partial charge on any atom is -0.524 e. The SMILES string of the molecule is [BH3-][N+](C)(C)Cc1ccccc1. The van der Waals surface area contributed by atoms with Crippen LogP contribution in [0.1, 0.15) is 5.56 Å². The molecule has 1 rings (SSSR count). The average Bonchev–Trinajstić information content (AvgIpc) is 1.85. The molecule has 0 fully saturated rings. The van der Waals surface area contributed by atoms with E-state index in [2.05, 4.69) is 44.4 Å². The van der Waals surface area contributed by atoms with Crippen molar-refractivity contribution in [1.29, 1.82) is 0 Å². The maximum atomic E-state index is 2.31. The third-order valence-electron chi connectivity index (χ3n) is 1.34. The van der Waals surface area contributed by atoms with Gasteiger partial charge in [0.15, 0.2) is 7.98 Å². The summed E-state index contributed by atoms with van der Waals surface area (Å²) >= 11 is 0. The Morgan fingerprint density at radius 2 is 1.73 bits per heavy atom. The summed E-state index contributed by atoms with van der Waals surface area (Å²) < 4.78 is 1.24. The van der Waals surface area contributed by atoms with Crippen molar-refractivity contribution in [2.24, 2.45) is 0 Å². The number of hydrogen-bond acceptors (Lipinski definition) is 0. The van der Waals surface area contributed by atoms with Crippen LogP contribution in [0.15, 0.2) is 30.3 Å². The summed E-state index contributed by atoms with van der Waals surface area (Å²) in [5, 5.41) is 0. The predicted molar refractivity (Wildman–Crippen MR) is 52.2 cm³/mol. The minimum absolute atomic E-state index is 0.400. The monoisotopic (exact) mass is 149 g/mol. The standard InChI is InChI=1S/C9H16BN/c1-11(2,10)8-9-6-4-3-5-7-9/h3-7H,8H2,1-2,10H3. The summed E-state index contributed by atoms with van der Waals surface area (Å²) in [6.07, 6.45) is 0. The second kappa shape index (κ2) is 3.10. The van der Waals surface area contributed by atoms with E-state index in [0.29, 0.717) is 7.98 Å². The first kappa shape index (κ1) is 8.34. The molecule has 0 aliphatic rings. The topological polar surface area (TPSA) is 0 Å². The van der Waals surface area contributed by atoms with Crippen LogP contribution in [0.4, 0.5) is 0 Å². The number of hydrogen-bond donors (Lipinski definition) is 0. The number of benzene rings is 1. The number of quaternary nitrogens is 1. The van der Waals surface area contributed by atoms with E-state index < -0.39 is 0 Å². The number of rotatable bonds is 2. The van der Waals surface area contributed by atoms with Crippen LogP contribution in [0.2, 0.25) is 0 Å². The molecule has 0 N–H and O–H groups in total. The van der Waals surface area contributed by atoms with Crippen LogP contribution < -0.4 is 0 Å². The lowest BCUT2D eigenvalue weighted by Crippen LogP contribution is -2.35. The zero-order valence-corrected chi connectivity index (χ0v) is 6.54. The third kappa shape index (κ3) is 3.24. The van der Waals surface area contributed by atoms with Gasteiger partial charge in [0.1, 0.15) is 0 Å². The molecule has 0 radical (unpaired) electrons. The summed E-state index contributed by atoms with van der Waals surface area (Å²) in [7, 11) is 5.02. The maximum absolute atomic E-state index is 2.31. The molecule has 1 nitrogen and oxygen atoms in total. The van der Waals surface area contributed by atoms with E-state index in [1.165, 1.54) is 16.5 Å². The number of nitrogens with zero attached hydrogens (tertiary/aromatic N) is 1. The second-order valence-electron chi connectivity index (χ2n) is 2.72. The first-order valence-corrected chi connectivity index (χ1v) is 3.47. The van der Waals surface area contributed by atoms with Gasteiger partial charge in [-0.1, -0.05) is 30.3 Å². The largest absolute Gasteiger partial charge is 0.524 e. The highest BCUT2D eigenvalue weighted by Crippen LogP contribution is 2.04. The first-order chi connectivity index (χ1) is 5.08. The Balaban J connectivity index is 2.66. The van der Waals surface area contributed by atoms with Crippen molar-refractivity contribution in [2.75, 3.05) is 14.1 Å². The van der Waals surface area contributed by atoms with E-state index in [1.54, 1.807) is 0 Å². The zero-order valence-electron chi connectivity index (χ0n) is 6.54. The van der Waals surface area contributed by atoms with Gasteiger partial charge in [-0.3, -0.25) is 0 Å². The molecule has 11 heavy (non-hydrogen) atoms. The highest BCUT2D eigenvalue weighted by molar-refractivity contribution is 5.97. The van der Waals surface area contributed by atoms with Gasteiger partial charge in [-0.25, -0.2) is 0 Å². The molecule has 1 aromatic carbocycles. The summed E-state index contributed by atoms with van der Waals surface area (Å²) in [4.78, 5) is 0. The van der Waals surface area contributed by atoms with Gasteiger partial charge in [0.25, 0.3) is 0 Å². The van der Waals surface area contributed by atoms with E-state index in [-0.39, 0.29) is 0 Å². The smallest absolute Gasteiger partial charge is 0.169 e. The summed E-state index contributed by atoms with van der Waals surface area (Å²) in [6, 6.07) is 10.7. The van der Waals surface area contributed by atoms with Gasteiger partial charge in [0, 0.05) is 19.7 Å². The summed E-state index contributed by atoms with van der Waals surface area (Å²) in [6.45, 7) is 1.21. The quantitative estimate of drug-likeness (QED) is 0.538. The van der Waals surface area contributed by atoms with Gasteiger partial charge in [0.2, 0.25) is 0 Å². The average molecular weight is 149 g/mol. The normalized spacial score (nSPS) is 11.5. The van der Waals surface area contributed by atoms with Gasteiger partial charge in [-0.2, -0.15) is 0 Å². The second-order valence-corrected chi connectivity index (χ2v) is 2.72. The Kier molecular flexibility index (Phi) is 2.35. The fourth-order valence-corrected chi connectivity index (χ4v) is 0.949. The van der Waals surface area contributed by atoms with Gasteiger partial charge in [-0.05, 0) is 0 Å². The molecule has 0 saturated carbocycles. The molecule has 0 amide bonds.